The van der Waals surface area contributed by atoms with Gasteiger partial charge < -0.3 is 9.30 Å². The lowest BCUT2D eigenvalue weighted by Gasteiger charge is -2.22. The molecule has 6 heteroatoms. The van der Waals surface area contributed by atoms with E-state index in [-0.39, 0.29) is 5.56 Å². The molecule has 0 aliphatic carbocycles. The minimum Gasteiger partial charge on any atom is -0.494 e. The first kappa shape index (κ1) is 20.8. The zero-order valence-electron chi connectivity index (χ0n) is 17.6. The fourth-order valence-electron chi connectivity index (χ4n) is 3.64. The topological polar surface area (TPSA) is 60.2 Å². The van der Waals surface area contributed by atoms with E-state index in [0.717, 1.165) is 42.7 Å². The smallest absolute Gasteiger partial charge is 0.250 e. The molecule has 0 saturated heterocycles. The molecular weight excluding hydrogens is 388 g/mol. The van der Waals surface area contributed by atoms with Crippen LogP contribution in [0.2, 0.25) is 0 Å². The maximum absolute atomic E-state index is 11.8. The molecule has 0 N–H and O–H groups in total. The fraction of sp³-hybridized carbons (Fsp3) is 0.240. The summed E-state index contributed by atoms with van der Waals surface area (Å²) in [4.78, 5) is 22.5. The average Bonchev–Trinajstić information content (AvgIpc) is 2.80. The Labute approximate surface area is 181 Å². The monoisotopic (exact) mass is 414 g/mol. The van der Waals surface area contributed by atoms with Crippen LogP contribution in [-0.2, 0) is 20.1 Å². The molecule has 0 atom stereocenters. The predicted molar refractivity (Wildman–Crippen MR) is 122 cm³/mol. The molecule has 0 saturated carbocycles. The first-order valence-electron chi connectivity index (χ1n) is 10.4. The summed E-state index contributed by atoms with van der Waals surface area (Å²) in [5.74, 6) is 0.819. The number of hydrogen-bond acceptors (Lipinski definition) is 5. The van der Waals surface area contributed by atoms with Gasteiger partial charge in [-0.05, 0) is 60.0 Å². The molecule has 158 valence electrons. The molecule has 0 radical (unpaired) electrons. The zero-order chi connectivity index (χ0) is 21.5. The van der Waals surface area contributed by atoms with E-state index in [4.69, 9.17) is 4.74 Å². The highest BCUT2D eigenvalue weighted by molar-refractivity contribution is 5.80. The molecule has 1 aromatic carbocycles. The third-order valence-corrected chi connectivity index (χ3v) is 5.27. The van der Waals surface area contributed by atoms with Crippen molar-refractivity contribution in [3.63, 3.8) is 0 Å². The molecule has 0 bridgehead atoms. The Kier molecular flexibility index (Phi) is 6.69. The van der Waals surface area contributed by atoms with Crippen LogP contribution in [0.3, 0.4) is 0 Å². The van der Waals surface area contributed by atoms with E-state index in [1.807, 2.05) is 48.9 Å². The molecule has 31 heavy (non-hydrogen) atoms. The maximum Gasteiger partial charge on any atom is 0.250 e. The summed E-state index contributed by atoms with van der Waals surface area (Å²) in [5.41, 5.74) is 3.32. The maximum atomic E-state index is 11.8. The minimum absolute atomic E-state index is 0.0101. The second kappa shape index (κ2) is 10.00. The summed E-state index contributed by atoms with van der Waals surface area (Å²) in [5, 5.41) is 0.996. The van der Waals surface area contributed by atoms with Gasteiger partial charge in [-0.1, -0.05) is 6.07 Å². The second-order valence-electron chi connectivity index (χ2n) is 7.58. The molecule has 0 amide bonds. The van der Waals surface area contributed by atoms with E-state index in [2.05, 4.69) is 33.1 Å². The summed E-state index contributed by atoms with van der Waals surface area (Å²) in [6.07, 6.45) is 8.27. The van der Waals surface area contributed by atoms with Crippen LogP contribution in [0.5, 0.6) is 5.75 Å². The van der Waals surface area contributed by atoms with Crippen LogP contribution in [0.1, 0.15) is 17.5 Å². The molecule has 0 unspecified atom stereocenters. The van der Waals surface area contributed by atoms with Crippen molar-refractivity contribution in [2.75, 3.05) is 13.2 Å². The highest BCUT2D eigenvalue weighted by atomic mass is 16.5. The number of aryl methyl sites for hydroxylation is 1. The molecule has 6 nitrogen and oxygen atoms in total. The lowest BCUT2D eigenvalue weighted by atomic mass is 10.2. The van der Waals surface area contributed by atoms with Crippen molar-refractivity contribution in [1.82, 2.24) is 19.4 Å². The highest BCUT2D eigenvalue weighted by Gasteiger charge is 2.08. The van der Waals surface area contributed by atoms with Gasteiger partial charge in [0.1, 0.15) is 5.75 Å². The summed E-state index contributed by atoms with van der Waals surface area (Å²) in [6.45, 7) is 3.21. The van der Waals surface area contributed by atoms with Gasteiger partial charge in [0.15, 0.2) is 0 Å². The summed E-state index contributed by atoms with van der Waals surface area (Å²) >= 11 is 0. The number of nitrogens with zero attached hydrogens (tertiary/aromatic N) is 4. The Hall–Kier alpha value is -3.51. The van der Waals surface area contributed by atoms with Crippen molar-refractivity contribution < 1.29 is 4.74 Å². The quantitative estimate of drug-likeness (QED) is 0.390. The third kappa shape index (κ3) is 5.55. The predicted octanol–water partition coefficient (Wildman–Crippen LogP) is 3.80. The van der Waals surface area contributed by atoms with Crippen LogP contribution in [0.15, 0.2) is 84.2 Å². The van der Waals surface area contributed by atoms with Crippen LogP contribution in [0.25, 0.3) is 10.9 Å². The molecule has 3 heterocycles. The Balaban J connectivity index is 1.36. The van der Waals surface area contributed by atoms with Gasteiger partial charge in [-0.25, -0.2) is 0 Å². The van der Waals surface area contributed by atoms with Crippen LogP contribution in [0.4, 0.5) is 0 Å². The number of benzene rings is 1. The number of fused-ring (bicyclic) bond motifs is 1. The summed E-state index contributed by atoms with van der Waals surface area (Å²) < 4.78 is 7.65. The van der Waals surface area contributed by atoms with E-state index in [1.54, 1.807) is 23.9 Å². The van der Waals surface area contributed by atoms with Crippen LogP contribution < -0.4 is 10.3 Å². The largest absolute Gasteiger partial charge is 0.494 e. The van der Waals surface area contributed by atoms with E-state index in [1.165, 1.54) is 11.1 Å². The number of aromatic nitrogens is 3. The standard InChI is InChI=1S/C25H26N4O2/c1-28-24-7-6-23(16-22(24)5-8-25(28)30)31-15-3-14-29(18-20-9-12-26-13-10-20)19-21-4-2-11-27-17-21/h2,4-13,16-17H,3,14-15,18-19H2,1H3. The van der Waals surface area contributed by atoms with E-state index in [9.17, 15) is 4.79 Å². The molecule has 0 aliphatic rings. The van der Waals surface area contributed by atoms with Crippen LogP contribution >= 0.6 is 0 Å². The highest BCUT2D eigenvalue weighted by Crippen LogP contribution is 2.19. The molecule has 0 spiro atoms. The van der Waals surface area contributed by atoms with Gasteiger partial charge in [-0.3, -0.25) is 19.7 Å². The van der Waals surface area contributed by atoms with E-state index >= 15 is 0 Å². The number of pyridine rings is 3. The summed E-state index contributed by atoms with van der Waals surface area (Å²) in [6, 6.07) is 17.4. The van der Waals surface area contributed by atoms with E-state index < -0.39 is 0 Å². The van der Waals surface area contributed by atoms with Gasteiger partial charge in [-0.2, -0.15) is 0 Å². The number of ether oxygens (including phenoxy) is 1. The Morgan fingerprint density at radius 2 is 1.77 bits per heavy atom. The number of rotatable bonds is 9. The molecule has 3 aromatic heterocycles. The molecule has 0 aliphatic heterocycles. The van der Waals surface area contributed by atoms with E-state index in [0.29, 0.717) is 6.61 Å². The zero-order valence-corrected chi connectivity index (χ0v) is 17.6. The van der Waals surface area contributed by atoms with Gasteiger partial charge in [0.25, 0.3) is 5.56 Å². The van der Waals surface area contributed by atoms with Crippen molar-refractivity contribution in [3.8, 4) is 5.75 Å². The lowest BCUT2D eigenvalue weighted by Crippen LogP contribution is -2.25. The van der Waals surface area contributed by atoms with Crippen LogP contribution in [-0.4, -0.2) is 32.6 Å². The molecule has 4 aromatic rings. The number of hydrogen-bond donors (Lipinski definition) is 0. The van der Waals surface area contributed by atoms with Gasteiger partial charge >= 0.3 is 0 Å². The molecular formula is C25H26N4O2. The Morgan fingerprint density at radius 3 is 2.58 bits per heavy atom. The Morgan fingerprint density at radius 1 is 0.935 bits per heavy atom. The van der Waals surface area contributed by atoms with Crippen molar-refractivity contribution >= 4 is 10.9 Å². The van der Waals surface area contributed by atoms with Gasteiger partial charge in [0.2, 0.25) is 0 Å². The van der Waals surface area contributed by atoms with Gasteiger partial charge in [0, 0.05) is 62.9 Å². The second-order valence-corrected chi connectivity index (χ2v) is 7.58. The molecule has 4 rings (SSSR count). The first-order chi connectivity index (χ1) is 15.2. The van der Waals surface area contributed by atoms with Crippen molar-refractivity contribution in [1.29, 1.82) is 0 Å². The fourth-order valence-corrected chi connectivity index (χ4v) is 3.64. The summed E-state index contributed by atoms with van der Waals surface area (Å²) in [7, 11) is 1.78. The normalized spacial score (nSPS) is 11.2. The lowest BCUT2D eigenvalue weighted by molar-refractivity contribution is 0.221. The van der Waals surface area contributed by atoms with Gasteiger partial charge in [-0.15, -0.1) is 0 Å². The van der Waals surface area contributed by atoms with Crippen molar-refractivity contribution in [2.24, 2.45) is 7.05 Å². The molecule has 0 fully saturated rings. The van der Waals surface area contributed by atoms with Gasteiger partial charge in [0.05, 0.1) is 12.1 Å². The van der Waals surface area contributed by atoms with Crippen LogP contribution in [0, 0.1) is 0 Å². The van der Waals surface area contributed by atoms with Crippen molar-refractivity contribution in [3.05, 3.63) is 101 Å². The first-order valence-corrected chi connectivity index (χ1v) is 10.4. The average molecular weight is 415 g/mol. The Bertz CT molecular complexity index is 1130. The SMILES string of the molecule is Cn1c(=O)ccc2cc(OCCCN(Cc3ccncc3)Cc3cccnc3)ccc21. The third-order valence-electron chi connectivity index (χ3n) is 5.27. The van der Waals surface area contributed by atoms with Crippen molar-refractivity contribution in [2.45, 2.75) is 19.5 Å². The minimum atomic E-state index is -0.0101.